The van der Waals surface area contributed by atoms with Gasteiger partial charge in [-0.2, -0.15) is 10.5 Å². The SMILES string of the molecule is Cc1ccc2c(C#N)c3cc(CP(C)(=O)CO)ccc3c(C#N)c2c1. The van der Waals surface area contributed by atoms with Crippen LogP contribution in [0.1, 0.15) is 22.3 Å². The van der Waals surface area contributed by atoms with Gasteiger partial charge in [0.05, 0.1) is 17.5 Å². The molecule has 0 aliphatic rings. The number of aliphatic hydroxyl groups is 1. The van der Waals surface area contributed by atoms with E-state index in [-0.39, 0.29) is 12.5 Å². The van der Waals surface area contributed by atoms with Crippen molar-refractivity contribution in [1.29, 1.82) is 10.5 Å². The lowest BCUT2D eigenvalue weighted by atomic mass is 9.91. The largest absolute Gasteiger partial charge is 0.389 e. The van der Waals surface area contributed by atoms with E-state index in [4.69, 9.17) is 0 Å². The summed E-state index contributed by atoms with van der Waals surface area (Å²) in [5, 5.41) is 31.6. The topological polar surface area (TPSA) is 84.9 Å². The molecule has 3 rings (SSSR count). The molecule has 0 radical (unpaired) electrons. The Kier molecular flexibility index (Phi) is 4.36. The van der Waals surface area contributed by atoms with Crippen molar-refractivity contribution in [3.05, 3.63) is 58.7 Å². The molecule has 0 aromatic heterocycles. The van der Waals surface area contributed by atoms with E-state index in [1.807, 2.05) is 43.3 Å². The van der Waals surface area contributed by atoms with Crippen LogP contribution < -0.4 is 0 Å². The molecule has 0 heterocycles. The van der Waals surface area contributed by atoms with E-state index in [1.165, 1.54) is 0 Å². The number of hydrogen-bond donors (Lipinski definition) is 1. The molecule has 0 bridgehead atoms. The van der Waals surface area contributed by atoms with Gasteiger partial charge in [0, 0.05) is 27.7 Å². The molecule has 1 N–H and O–H groups in total. The molecule has 5 heteroatoms. The van der Waals surface area contributed by atoms with Gasteiger partial charge < -0.3 is 9.67 Å². The van der Waals surface area contributed by atoms with Crippen LogP contribution in [0.5, 0.6) is 0 Å². The predicted molar refractivity (Wildman–Crippen MR) is 99.9 cm³/mol. The Hall–Kier alpha value is -2.65. The third kappa shape index (κ3) is 3.03. The minimum atomic E-state index is -2.66. The molecule has 25 heavy (non-hydrogen) atoms. The summed E-state index contributed by atoms with van der Waals surface area (Å²) >= 11 is 0. The quantitative estimate of drug-likeness (QED) is 0.558. The van der Waals surface area contributed by atoms with E-state index < -0.39 is 7.14 Å². The molecule has 3 aromatic rings. The fraction of sp³-hybridized carbons (Fsp3) is 0.200. The van der Waals surface area contributed by atoms with Crippen LogP contribution in [0.15, 0.2) is 36.4 Å². The second kappa shape index (κ2) is 6.34. The van der Waals surface area contributed by atoms with Crippen LogP contribution in [-0.2, 0) is 10.7 Å². The lowest BCUT2D eigenvalue weighted by Crippen LogP contribution is -1.95. The first-order valence-corrected chi connectivity index (χ1v) is 10.4. The summed E-state index contributed by atoms with van der Waals surface area (Å²) in [5.74, 6) is 0. The van der Waals surface area contributed by atoms with Crippen LogP contribution in [0.2, 0.25) is 0 Å². The fourth-order valence-electron chi connectivity index (χ4n) is 3.16. The smallest absolute Gasteiger partial charge is 0.113 e. The summed E-state index contributed by atoms with van der Waals surface area (Å²) in [6.07, 6.45) is -0.0886. The summed E-state index contributed by atoms with van der Waals surface area (Å²) in [4.78, 5) is 0. The third-order valence-electron chi connectivity index (χ3n) is 4.38. The zero-order valence-electron chi connectivity index (χ0n) is 14.1. The van der Waals surface area contributed by atoms with E-state index in [1.54, 1.807) is 6.66 Å². The van der Waals surface area contributed by atoms with Gasteiger partial charge in [0.1, 0.15) is 19.3 Å². The van der Waals surface area contributed by atoms with Crippen LogP contribution in [-0.4, -0.2) is 18.1 Å². The second-order valence-electron chi connectivity index (χ2n) is 6.50. The molecule has 0 aliphatic heterocycles. The van der Waals surface area contributed by atoms with Crippen molar-refractivity contribution in [2.75, 3.05) is 13.0 Å². The molecular weight excluding hydrogens is 331 g/mol. The van der Waals surface area contributed by atoms with Crippen molar-refractivity contribution in [3.63, 3.8) is 0 Å². The lowest BCUT2D eigenvalue weighted by Gasteiger charge is -2.13. The van der Waals surface area contributed by atoms with E-state index >= 15 is 0 Å². The lowest BCUT2D eigenvalue weighted by molar-refractivity contribution is 0.358. The first kappa shape index (κ1) is 17.2. The van der Waals surface area contributed by atoms with Crippen LogP contribution in [0.25, 0.3) is 21.5 Å². The Morgan fingerprint density at radius 1 is 0.960 bits per heavy atom. The zero-order valence-corrected chi connectivity index (χ0v) is 15.0. The Balaban J connectivity index is 2.40. The first-order valence-electron chi connectivity index (χ1n) is 7.86. The molecule has 1 atom stereocenters. The van der Waals surface area contributed by atoms with Crippen LogP contribution in [0.3, 0.4) is 0 Å². The molecule has 1 unspecified atom stereocenters. The highest BCUT2D eigenvalue weighted by Gasteiger charge is 2.18. The summed E-state index contributed by atoms with van der Waals surface area (Å²) in [6, 6.07) is 15.7. The molecular formula is C20H17N2O2P. The maximum absolute atomic E-state index is 12.2. The van der Waals surface area contributed by atoms with Gasteiger partial charge in [-0.3, -0.25) is 0 Å². The standard InChI is InChI=1S/C20H17N2O2P/c1-13-3-5-15-17(7-13)19(9-21)16-6-4-14(11-25(2,24)12-23)8-18(16)20(15)10-22/h3-8,23H,11-12H2,1-2H3. The molecule has 0 fully saturated rings. The van der Waals surface area contributed by atoms with Gasteiger partial charge in [0.25, 0.3) is 0 Å². The number of hydrogen-bond acceptors (Lipinski definition) is 4. The highest BCUT2D eigenvalue weighted by molar-refractivity contribution is 7.62. The van der Waals surface area contributed by atoms with Crippen LogP contribution in [0, 0.1) is 29.6 Å². The monoisotopic (exact) mass is 348 g/mol. The summed E-state index contributed by atoms with van der Waals surface area (Å²) in [7, 11) is -2.66. The third-order valence-corrected chi connectivity index (χ3v) is 6.01. The van der Waals surface area contributed by atoms with Gasteiger partial charge in [-0.05, 0) is 25.2 Å². The van der Waals surface area contributed by atoms with Crippen LogP contribution in [0.4, 0.5) is 0 Å². The van der Waals surface area contributed by atoms with Crippen molar-refractivity contribution in [1.82, 2.24) is 0 Å². The Morgan fingerprint density at radius 3 is 2.08 bits per heavy atom. The van der Waals surface area contributed by atoms with Crippen molar-refractivity contribution in [2.45, 2.75) is 13.1 Å². The van der Waals surface area contributed by atoms with E-state index in [9.17, 15) is 20.2 Å². The van der Waals surface area contributed by atoms with E-state index in [2.05, 4.69) is 12.1 Å². The zero-order chi connectivity index (χ0) is 18.2. The Morgan fingerprint density at radius 2 is 1.52 bits per heavy atom. The summed E-state index contributed by atoms with van der Waals surface area (Å²) in [6.45, 7) is 3.51. The van der Waals surface area contributed by atoms with E-state index in [0.29, 0.717) is 16.5 Å². The number of rotatable bonds is 3. The van der Waals surface area contributed by atoms with Crippen LogP contribution >= 0.6 is 7.14 Å². The first-order chi connectivity index (χ1) is 11.9. The van der Waals surface area contributed by atoms with Crippen molar-refractivity contribution in [3.8, 4) is 12.1 Å². The number of nitrogens with zero attached hydrogens (tertiary/aromatic N) is 2. The number of aryl methyl sites for hydroxylation is 1. The number of nitriles is 2. The molecule has 3 aromatic carbocycles. The van der Waals surface area contributed by atoms with Crippen molar-refractivity contribution < 1.29 is 9.67 Å². The molecule has 0 saturated carbocycles. The fourth-order valence-corrected chi connectivity index (χ4v) is 4.23. The molecule has 4 nitrogen and oxygen atoms in total. The Labute approximate surface area is 146 Å². The molecule has 0 amide bonds. The average Bonchev–Trinajstić information content (AvgIpc) is 2.59. The number of fused-ring (bicyclic) bond motifs is 2. The average molecular weight is 348 g/mol. The highest BCUT2D eigenvalue weighted by atomic mass is 31.2. The predicted octanol–water partition coefficient (Wildman–Crippen LogP) is 4.49. The number of benzene rings is 3. The maximum atomic E-state index is 12.2. The van der Waals surface area contributed by atoms with E-state index in [0.717, 1.165) is 27.3 Å². The highest BCUT2D eigenvalue weighted by Crippen LogP contribution is 2.44. The van der Waals surface area contributed by atoms with Gasteiger partial charge in [-0.1, -0.05) is 35.9 Å². The van der Waals surface area contributed by atoms with Gasteiger partial charge >= 0.3 is 0 Å². The van der Waals surface area contributed by atoms with Crippen molar-refractivity contribution in [2.24, 2.45) is 0 Å². The van der Waals surface area contributed by atoms with Gasteiger partial charge in [0.2, 0.25) is 0 Å². The number of aliphatic hydroxyl groups excluding tert-OH is 1. The minimum Gasteiger partial charge on any atom is -0.389 e. The summed E-state index contributed by atoms with van der Waals surface area (Å²) < 4.78 is 12.2. The second-order valence-corrected chi connectivity index (χ2v) is 9.69. The Bertz CT molecular complexity index is 1140. The van der Waals surface area contributed by atoms with Gasteiger partial charge in [-0.25, -0.2) is 0 Å². The molecule has 0 spiro atoms. The molecule has 0 aliphatic carbocycles. The minimum absolute atomic E-state index is 0.262. The summed E-state index contributed by atoms with van der Waals surface area (Å²) in [5.41, 5.74) is 2.87. The van der Waals surface area contributed by atoms with Gasteiger partial charge in [0.15, 0.2) is 0 Å². The maximum Gasteiger partial charge on any atom is 0.113 e. The normalized spacial score (nSPS) is 13.3. The van der Waals surface area contributed by atoms with Crippen molar-refractivity contribution >= 4 is 28.7 Å². The van der Waals surface area contributed by atoms with Gasteiger partial charge in [-0.15, -0.1) is 0 Å². The molecule has 124 valence electrons. The molecule has 0 saturated heterocycles.